The fraction of sp³-hybridized carbons (Fsp3) is 0.474. The van der Waals surface area contributed by atoms with Gasteiger partial charge < -0.3 is 5.32 Å². The van der Waals surface area contributed by atoms with Crippen LogP contribution in [0.3, 0.4) is 0 Å². The number of hydrogen-bond donors (Lipinski definition) is 1. The van der Waals surface area contributed by atoms with Gasteiger partial charge in [0.15, 0.2) is 5.78 Å². The van der Waals surface area contributed by atoms with Crippen LogP contribution in [0.2, 0.25) is 0 Å². The smallest absolute Gasteiger partial charge is 0.222 e. The molecule has 0 spiro atoms. The molecule has 134 valence electrons. The van der Waals surface area contributed by atoms with Crippen LogP contribution < -0.4 is 5.32 Å². The number of ketones is 1. The van der Waals surface area contributed by atoms with E-state index in [1.54, 1.807) is 24.0 Å². The minimum absolute atomic E-state index is 0.000781. The van der Waals surface area contributed by atoms with Crippen LogP contribution in [0.15, 0.2) is 24.5 Å². The van der Waals surface area contributed by atoms with E-state index in [0.717, 1.165) is 24.2 Å². The summed E-state index contributed by atoms with van der Waals surface area (Å²) in [6, 6.07) is 3.88. The molecule has 0 fully saturated rings. The molecule has 1 atom stereocenters. The molecule has 6 nitrogen and oxygen atoms in total. The number of aromatic nitrogens is 3. The summed E-state index contributed by atoms with van der Waals surface area (Å²) in [4.78, 5) is 27.8. The van der Waals surface area contributed by atoms with Gasteiger partial charge >= 0.3 is 0 Å². The van der Waals surface area contributed by atoms with Crippen molar-refractivity contribution in [1.29, 1.82) is 0 Å². The second-order valence-corrected chi connectivity index (χ2v) is 6.41. The normalized spacial score (nSPS) is 12.0. The van der Waals surface area contributed by atoms with E-state index in [2.05, 4.69) is 15.4 Å². The first-order valence-corrected chi connectivity index (χ1v) is 8.62. The molecule has 0 bridgehead atoms. The van der Waals surface area contributed by atoms with E-state index >= 15 is 0 Å². The van der Waals surface area contributed by atoms with Crippen molar-refractivity contribution in [3.8, 4) is 0 Å². The predicted octanol–water partition coefficient (Wildman–Crippen LogP) is 2.80. The third-order valence-electron chi connectivity index (χ3n) is 4.29. The Morgan fingerprint density at radius 1 is 1.24 bits per heavy atom. The number of aryl methyl sites for hydroxylation is 2. The summed E-state index contributed by atoms with van der Waals surface area (Å²) in [6.45, 7) is 7.83. The van der Waals surface area contributed by atoms with Crippen molar-refractivity contribution in [2.45, 2.75) is 53.0 Å². The van der Waals surface area contributed by atoms with Gasteiger partial charge in [0.1, 0.15) is 0 Å². The maximum Gasteiger partial charge on any atom is 0.222 e. The molecule has 2 heterocycles. The zero-order valence-corrected chi connectivity index (χ0v) is 15.4. The first-order chi connectivity index (χ1) is 11.9. The van der Waals surface area contributed by atoms with Crippen molar-refractivity contribution in [2.75, 3.05) is 6.54 Å². The number of hydrogen-bond acceptors (Lipinski definition) is 4. The second-order valence-electron chi connectivity index (χ2n) is 6.41. The zero-order valence-electron chi connectivity index (χ0n) is 15.4. The van der Waals surface area contributed by atoms with E-state index in [4.69, 9.17) is 0 Å². The number of Topliss-reactive ketones (excluding diaryl/α,β-unsaturated/α-hetero) is 1. The molecule has 25 heavy (non-hydrogen) atoms. The molecule has 0 saturated carbocycles. The molecule has 1 amide bonds. The second kappa shape index (κ2) is 8.55. The van der Waals surface area contributed by atoms with Crippen molar-refractivity contribution in [3.05, 3.63) is 47.0 Å². The Labute approximate surface area is 148 Å². The molecule has 0 aliphatic carbocycles. The Balaban J connectivity index is 1.82. The minimum atomic E-state index is -0.0907. The van der Waals surface area contributed by atoms with Gasteiger partial charge in [-0.25, -0.2) is 0 Å². The number of amides is 1. The van der Waals surface area contributed by atoms with Crippen molar-refractivity contribution in [1.82, 2.24) is 20.1 Å². The van der Waals surface area contributed by atoms with Crippen LogP contribution in [0.1, 0.15) is 60.0 Å². The Morgan fingerprint density at radius 2 is 1.92 bits per heavy atom. The predicted molar refractivity (Wildman–Crippen MR) is 96.6 cm³/mol. The monoisotopic (exact) mass is 342 g/mol. The lowest BCUT2D eigenvalue weighted by molar-refractivity contribution is -0.121. The van der Waals surface area contributed by atoms with Gasteiger partial charge in [-0.3, -0.25) is 19.3 Å². The van der Waals surface area contributed by atoms with Crippen molar-refractivity contribution in [2.24, 2.45) is 0 Å². The van der Waals surface area contributed by atoms with Crippen LogP contribution in [0, 0.1) is 13.8 Å². The van der Waals surface area contributed by atoms with Crippen LogP contribution in [0.4, 0.5) is 0 Å². The summed E-state index contributed by atoms with van der Waals surface area (Å²) < 4.78 is 1.78. The highest BCUT2D eigenvalue weighted by molar-refractivity contribution is 5.96. The van der Waals surface area contributed by atoms with Gasteiger partial charge in [-0.05, 0) is 58.2 Å². The van der Waals surface area contributed by atoms with Crippen molar-refractivity contribution in [3.63, 3.8) is 0 Å². The van der Waals surface area contributed by atoms with E-state index in [-0.39, 0.29) is 17.7 Å². The average molecular weight is 342 g/mol. The van der Waals surface area contributed by atoms with Crippen LogP contribution in [-0.4, -0.2) is 33.0 Å². The van der Waals surface area contributed by atoms with E-state index in [1.807, 2.05) is 32.9 Å². The fourth-order valence-corrected chi connectivity index (χ4v) is 3.10. The molecule has 0 aromatic carbocycles. The molecular weight excluding hydrogens is 316 g/mol. The van der Waals surface area contributed by atoms with Gasteiger partial charge in [-0.1, -0.05) is 0 Å². The van der Waals surface area contributed by atoms with E-state index in [9.17, 15) is 9.59 Å². The van der Waals surface area contributed by atoms with Crippen LogP contribution >= 0.6 is 0 Å². The third-order valence-corrected chi connectivity index (χ3v) is 4.29. The first-order valence-electron chi connectivity index (χ1n) is 8.62. The number of nitrogens with one attached hydrogen (secondary N) is 1. The lowest BCUT2D eigenvalue weighted by atomic mass is 10.1. The molecule has 0 aliphatic heterocycles. The van der Waals surface area contributed by atoms with Gasteiger partial charge in [0.2, 0.25) is 5.91 Å². The lowest BCUT2D eigenvalue weighted by Crippen LogP contribution is -2.27. The largest absolute Gasteiger partial charge is 0.356 e. The number of pyridine rings is 1. The summed E-state index contributed by atoms with van der Waals surface area (Å²) in [7, 11) is 0. The average Bonchev–Trinajstić information content (AvgIpc) is 2.87. The maximum absolute atomic E-state index is 12.1. The molecule has 0 aliphatic rings. The number of nitrogens with zero attached hydrogens (tertiary/aromatic N) is 3. The Kier molecular flexibility index (Phi) is 6.44. The first kappa shape index (κ1) is 18.8. The number of carbonyl (C=O) groups excluding carboxylic acids is 2. The SMILES string of the molecule is CC(=O)c1c(C)nn(C(C)CC(=O)NCCCc2ccncc2)c1C. The van der Waals surface area contributed by atoms with Crippen molar-refractivity contribution < 1.29 is 9.59 Å². The molecule has 1 unspecified atom stereocenters. The van der Waals surface area contributed by atoms with E-state index < -0.39 is 0 Å². The van der Waals surface area contributed by atoms with E-state index in [1.165, 1.54) is 5.56 Å². The molecule has 0 radical (unpaired) electrons. The Bertz CT molecular complexity index is 737. The number of rotatable bonds is 8. The molecular formula is C19H26N4O2. The van der Waals surface area contributed by atoms with Gasteiger partial charge in [-0.15, -0.1) is 0 Å². The van der Waals surface area contributed by atoms with Gasteiger partial charge in [0.05, 0.1) is 17.3 Å². The summed E-state index contributed by atoms with van der Waals surface area (Å²) in [5.74, 6) is 0.00756. The van der Waals surface area contributed by atoms with Crippen LogP contribution in [-0.2, 0) is 11.2 Å². The van der Waals surface area contributed by atoms with Gasteiger partial charge in [0.25, 0.3) is 0 Å². The highest BCUT2D eigenvalue weighted by Crippen LogP contribution is 2.19. The Morgan fingerprint density at radius 3 is 2.52 bits per heavy atom. The standard InChI is InChI=1S/C19H26N4O2/c1-13(23-15(3)19(16(4)24)14(2)22-23)12-18(25)21-9-5-6-17-7-10-20-11-8-17/h7-8,10-11,13H,5-6,9,12H2,1-4H3,(H,21,25). The number of carbonyl (C=O) groups is 2. The summed E-state index contributed by atoms with van der Waals surface area (Å²) >= 11 is 0. The molecule has 2 rings (SSSR count). The molecule has 6 heteroatoms. The van der Waals surface area contributed by atoms with Crippen LogP contribution in [0.25, 0.3) is 0 Å². The van der Waals surface area contributed by atoms with Gasteiger partial charge in [-0.2, -0.15) is 5.10 Å². The fourth-order valence-electron chi connectivity index (χ4n) is 3.10. The van der Waals surface area contributed by atoms with Crippen LogP contribution in [0.5, 0.6) is 0 Å². The molecule has 1 N–H and O–H groups in total. The van der Waals surface area contributed by atoms with Crippen molar-refractivity contribution >= 4 is 11.7 Å². The molecule has 2 aromatic heterocycles. The summed E-state index contributed by atoms with van der Waals surface area (Å²) in [5.41, 5.74) is 3.42. The highest BCUT2D eigenvalue weighted by Gasteiger charge is 2.20. The summed E-state index contributed by atoms with van der Waals surface area (Å²) in [5, 5.41) is 7.39. The third kappa shape index (κ3) is 4.98. The minimum Gasteiger partial charge on any atom is -0.356 e. The topological polar surface area (TPSA) is 76.9 Å². The molecule has 0 saturated heterocycles. The highest BCUT2D eigenvalue weighted by atomic mass is 16.1. The zero-order chi connectivity index (χ0) is 18.4. The maximum atomic E-state index is 12.1. The van der Waals surface area contributed by atoms with Gasteiger partial charge in [0, 0.05) is 31.1 Å². The Hall–Kier alpha value is -2.50. The van der Waals surface area contributed by atoms with E-state index in [0.29, 0.717) is 18.5 Å². The quantitative estimate of drug-likeness (QED) is 0.591. The lowest BCUT2D eigenvalue weighted by Gasteiger charge is -2.14. The molecule has 2 aromatic rings. The summed E-state index contributed by atoms with van der Waals surface area (Å²) in [6.07, 6.45) is 5.70.